The van der Waals surface area contributed by atoms with Crippen LogP contribution in [0.25, 0.3) is 16.7 Å². The van der Waals surface area contributed by atoms with E-state index in [9.17, 15) is 0 Å². The maximum Gasteiger partial charge on any atom is 0.0636 e. The molecule has 0 fully saturated rings. The van der Waals surface area contributed by atoms with E-state index in [0.29, 0.717) is 0 Å². The van der Waals surface area contributed by atoms with Crippen LogP contribution in [0.4, 0.5) is 5.69 Å². The second-order valence-corrected chi connectivity index (χ2v) is 7.99. The molecule has 3 aromatic rings. The maximum atomic E-state index is 5.01. The normalized spacial score (nSPS) is 15.3. The Morgan fingerprint density at radius 3 is 2.29 bits per heavy atom. The highest BCUT2D eigenvalue weighted by Gasteiger charge is 2.35. The van der Waals surface area contributed by atoms with Gasteiger partial charge < -0.3 is 0 Å². The molecule has 28 heavy (non-hydrogen) atoms. The van der Waals surface area contributed by atoms with Crippen molar-refractivity contribution in [1.29, 1.82) is 0 Å². The molecule has 1 heteroatoms. The van der Waals surface area contributed by atoms with Crippen molar-refractivity contribution in [3.8, 4) is 11.1 Å². The summed E-state index contributed by atoms with van der Waals surface area (Å²) in [5.74, 6) is 0. The SMILES string of the molecule is CC/C=C(\C(C)=Nc1ccc2c(c1)C(C)(C)c1ccccc1-2)c1ccccc1. The van der Waals surface area contributed by atoms with Gasteiger partial charge in [-0.3, -0.25) is 4.99 Å². The van der Waals surface area contributed by atoms with Gasteiger partial charge in [0.15, 0.2) is 0 Å². The zero-order valence-corrected chi connectivity index (χ0v) is 17.2. The predicted molar refractivity (Wildman–Crippen MR) is 121 cm³/mol. The number of hydrogen-bond acceptors (Lipinski definition) is 1. The molecule has 0 spiro atoms. The smallest absolute Gasteiger partial charge is 0.0636 e. The fraction of sp³-hybridized carbons (Fsp3) is 0.222. The molecule has 1 aliphatic rings. The van der Waals surface area contributed by atoms with Crippen LogP contribution in [0.15, 0.2) is 83.9 Å². The molecule has 0 atom stereocenters. The standard InChI is InChI=1S/C27H27N/c1-5-11-22(20-12-7-6-8-13-20)19(2)28-21-16-17-24-23-14-9-10-15-25(23)27(3,4)26(24)18-21/h6-18H,5H2,1-4H3/b22-11+,28-19?. The molecule has 0 amide bonds. The minimum absolute atomic E-state index is 0.00682. The number of nitrogens with zero attached hydrogens (tertiary/aromatic N) is 1. The summed E-state index contributed by atoms with van der Waals surface area (Å²) in [4.78, 5) is 5.01. The van der Waals surface area contributed by atoms with Crippen LogP contribution >= 0.6 is 0 Å². The Balaban J connectivity index is 1.76. The van der Waals surface area contributed by atoms with Crippen LogP contribution in [-0.4, -0.2) is 5.71 Å². The number of benzene rings is 3. The van der Waals surface area contributed by atoms with E-state index < -0.39 is 0 Å². The third-order valence-electron chi connectivity index (χ3n) is 5.75. The van der Waals surface area contributed by atoms with E-state index in [2.05, 4.69) is 107 Å². The quantitative estimate of drug-likeness (QED) is 0.423. The molecule has 3 aromatic carbocycles. The van der Waals surface area contributed by atoms with Crippen LogP contribution in [0.2, 0.25) is 0 Å². The summed E-state index contributed by atoms with van der Waals surface area (Å²) in [6.07, 6.45) is 3.25. The van der Waals surface area contributed by atoms with Gasteiger partial charge in [-0.05, 0) is 58.9 Å². The lowest BCUT2D eigenvalue weighted by Gasteiger charge is -2.21. The van der Waals surface area contributed by atoms with Gasteiger partial charge in [0.1, 0.15) is 0 Å². The van der Waals surface area contributed by atoms with Gasteiger partial charge in [-0.2, -0.15) is 0 Å². The van der Waals surface area contributed by atoms with Crippen molar-refractivity contribution in [2.45, 2.75) is 39.5 Å². The van der Waals surface area contributed by atoms with Crippen molar-refractivity contribution < 1.29 is 0 Å². The van der Waals surface area contributed by atoms with Crippen molar-refractivity contribution in [1.82, 2.24) is 0 Å². The largest absolute Gasteiger partial charge is 0.253 e. The monoisotopic (exact) mass is 365 g/mol. The van der Waals surface area contributed by atoms with Crippen LogP contribution in [0.5, 0.6) is 0 Å². The Bertz CT molecular complexity index is 1070. The van der Waals surface area contributed by atoms with Crippen molar-refractivity contribution in [3.05, 3.63) is 95.6 Å². The summed E-state index contributed by atoms with van der Waals surface area (Å²) in [6.45, 7) is 8.90. The summed E-state index contributed by atoms with van der Waals surface area (Å²) >= 11 is 0. The van der Waals surface area contributed by atoms with Crippen molar-refractivity contribution in [2.75, 3.05) is 0 Å². The topological polar surface area (TPSA) is 12.4 Å². The van der Waals surface area contributed by atoms with Gasteiger partial charge in [-0.1, -0.05) is 87.5 Å². The van der Waals surface area contributed by atoms with E-state index in [1.54, 1.807) is 0 Å². The van der Waals surface area contributed by atoms with Gasteiger partial charge >= 0.3 is 0 Å². The molecule has 0 radical (unpaired) electrons. The van der Waals surface area contributed by atoms with Gasteiger partial charge in [0.05, 0.1) is 5.69 Å². The molecular formula is C27H27N. The van der Waals surface area contributed by atoms with E-state index in [-0.39, 0.29) is 5.41 Å². The third kappa shape index (κ3) is 3.11. The molecule has 140 valence electrons. The van der Waals surface area contributed by atoms with Crippen molar-refractivity contribution >= 4 is 17.0 Å². The van der Waals surface area contributed by atoms with Gasteiger partial charge in [0, 0.05) is 11.1 Å². The lowest BCUT2D eigenvalue weighted by atomic mass is 9.82. The third-order valence-corrected chi connectivity index (χ3v) is 5.75. The van der Waals surface area contributed by atoms with Crippen molar-refractivity contribution in [2.24, 2.45) is 4.99 Å². The predicted octanol–water partition coefficient (Wildman–Crippen LogP) is 7.58. The molecule has 0 bridgehead atoms. The van der Waals surface area contributed by atoms with Crippen LogP contribution in [0.1, 0.15) is 50.8 Å². The Kier molecular flexibility index (Phi) is 4.77. The summed E-state index contributed by atoms with van der Waals surface area (Å²) in [5, 5.41) is 0. The molecule has 4 rings (SSSR count). The highest BCUT2D eigenvalue weighted by molar-refractivity contribution is 6.23. The van der Waals surface area contributed by atoms with Gasteiger partial charge in [-0.15, -0.1) is 0 Å². The lowest BCUT2D eigenvalue weighted by Crippen LogP contribution is -2.14. The lowest BCUT2D eigenvalue weighted by molar-refractivity contribution is 0.660. The average Bonchev–Trinajstić information content (AvgIpc) is 2.94. The van der Waals surface area contributed by atoms with Gasteiger partial charge in [0.2, 0.25) is 0 Å². The van der Waals surface area contributed by atoms with E-state index in [1.165, 1.54) is 33.4 Å². The highest BCUT2D eigenvalue weighted by Crippen LogP contribution is 2.49. The first-order chi connectivity index (χ1) is 13.5. The molecule has 1 nitrogen and oxygen atoms in total. The molecule has 1 aliphatic carbocycles. The Morgan fingerprint density at radius 1 is 0.857 bits per heavy atom. The first-order valence-corrected chi connectivity index (χ1v) is 10.1. The minimum atomic E-state index is 0.00682. The number of hydrogen-bond donors (Lipinski definition) is 0. The molecule has 0 saturated carbocycles. The maximum absolute atomic E-state index is 5.01. The van der Waals surface area contributed by atoms with Crippen LogP contribution in [0, 0.1) is 0 Å². The molecular weight excluding hydrogens is 338 g/mol. The second kappa shape index (κ2) is 7.24. The van der Waals surface area contributed by atoms with Crippen molar-refractivity contribution in [3.63, 3.8) is 0 Å². The van der Waals surface area contributed by atoms with Crippen LogP contribution in [0.3, 0.4) is 0 Å². The van der Waals surface area contributed by atoms with Gasteiger partial charge in [-0.25, -0.2) is 0 Å². The van der Waals surface area contributed by atoms with E-state index in [0.717, 1.165) is 17.8 Å². The average molecular weight is 366 g/mol. The minimum Gasteiger partial charge on any atom is -0.253 e. The fourth-order valence-electron chi connectivity index (χ4n) is 4.31. The molecule has 0 N–H and O–H groups in total. The van der Waals surface area contributed by atoms with Gasteiger partial charge in [0.25, 0.3) is 0 Å². The summed E-state index contributed by atoms with van der Waals surface area (Å²) in [5.41, 5.74) is 9.98. The Morgan fingerprint density at radius 2 is 1.54 bits per heavy atom. The summed E-state index contributed by atoms with van der Waals surface area (Å²) in [7, 11) is 0. The summed E-state index contributed by atoms with van der Waals surface area (Å²) in [6, 6.07) is 25.9. The van der Waals surface area contributed by atoms with E-state index in [4.69, 9.17) is 4.99 Å². The fourth-order valence-corrected chi connectivity index (χ4v) is 4.31. The summed E-state index contributed by atoms with van der Waals surface area (Å²) < 4.78 is 0. The first kappa shape index (κ1) is 18.4. The Hall–Kier alpha value is -2.93. The van der Waals surface area contributed by atoms with Crippen LogP contribution < -0.4 is 0 Å². The zero-order valence-electron chi connectivity index (χ0n) is 17.2. The molecule has 0 heterocycles. The Labute approximate surface area is 168 Å². The number of fused-ring (bicyclic) bond motifs is 3. The molecule has 0 saturated heterocycles. The van der Waals surface area contributed by atoms with Crippen LogP contribution in [-0.2, 0) is 5.41 Å². The number of aliphatic imine (C=N–C) groups is 1. The zero-order chi connectivity index (χ0) is 19.7. The molecule has 0 unspecified atom stereocenters. The molecule has 0 aromatic heterocycles. The second-order valence-electron chi connectivity index (χ2n) is 7.99. The van der Waals surface area contributed by atoms with E-state index in [1.807, 2.05) is 0 Å². The number of rotatable bonds is 4. The molecule has 0 aliphatic heterocycles. The van der Waals surface area contributed by atoms with E-state index >= 15 is 0 Å². The number of allylic oxidation sites excluding steroid dienone is 2. The highest BCUT2D eigenvalue weighted by atomic mass is 14.7. The first-order valence-electron chi connectivity index (χ1n) is 10.1.